The zero-order valence-corrected chi connectivity index (χ0v) is 20.0. The van der Waals surface area contributed by atoms with Crippen LogP contribution < -0.4 is 5.32 Å². The predicted octanol–water partition coefficient (Wildman–Crippen LogP) is 5.81. The molecule has 38 heavy (non-hydrogen) atoms. The highest BCUT2D eigenvalue weighted by Crippen LogP contribution is 2.32. The van der Waals surface area contributed by atoms with Crippen LogP contribution in [0.15, 0.2) is 60.7 Å². The van der Waals surface area contributed by atoms with E-state index in [2.05, 4.69) is 20.5 Å². The van der Waals surface area contributed by atoms with Crippen molar-refractivity contribution in [1.82, 2.24) is 24.4 Å². The monoisotopic (exact) mass is 526 g/mol. The maximum Gasteiger partial charge on any atom is 0.433 e. The van der Waals surface area contributed by atoms with Crippen LogP contribution in [0, 0.1) is 25.5 Å². The van der Waals surface area contributed by atoms with E-state index >= 15 is 0 Å². The molecule has 12 heteroatoms. The summed E-state index contributed by atoms with van der Waals surface area (Å²) in [6.07, 6.45) is -4.81. The number of benzene rings is 2. The Kier molecular flexibility index (Phi) is 6.17. The van der Waals surface area contributed by atoms with E-state index in [9.17, 15) is 26.7 Å². The lowest BCUT2D eigenvalue weighted by Gasteiger charge is -2.11. The molecule has 0 spiro atoms. The third-order valence-electron chi connectivity index (χ3n) is 5.99. The lowest BCUT2D eigenvalue weighted by Crippen LogP contribution is -2.16. The van der Waals surface area contributed by atoms with Crippen molar-refractivity contribution in [2.45, 2.75) is 26.6 Å². The van der Waals surface area contributed by atoms with E-state index in [1.165, 1.54) is 22.9 Å². The van der Waals surface area contributed by atoms with Gasteiger partial charge < -0.3 is 5.32 Å². The molecule has 0 bridgehead atoms. The van der Waals surface area contributed by atoms with Crippen LogP contribution in [0.1, 0.15) is 33.1 Å². The van der Waals surface area contributed by atoms with Crippen molar-refractivity contribution in [3.05, 3.63) is 101 Å². The Morgan fingerprint density at radius 3 is 2.37 bits per heavy atom. The zero-order valence-electron chi connectivity index (χ0n) is 20.0. The van der Waals surface area contributed by atoms with Crippen molar-refractivity contribution in [3.8, 4) is 11.3 Å². The molecule has 0 radical (unpaired) electrons. The number of alkyl halides is 3. The quantitative estimate of drug-likeness (QED) is 0.294. The molecule has 0 unspecified atom stereocenters. The second kappa shape index (κ2) is 9.36. The second-order valence-electron chi connectivity index (χ2n) is 8.58. The molecule has 0 aliphatic carbocycles. The molecule has 0 fully saturated rings. The molecule has 0 aliphatic heterocycles. The van der Waals surface area contributed by atoms with Gasteiger partial charge in [-0.05, 0) is 50.2 Å². The van der Waals surface area contributed by atoms with Crippen LogP contribution in [-0.4, -0.2) is 30.3 Å². The number of nitrogens with zero attached hydrogens (tertiary/aromatic N) is 5. The Morgan fingerprint density at radius 1 is 0.974 bits per heavy atom. The highest BCUT2D eigenvalue weighted by Gasteiger charge is 2.35. The minimum atomic E-state index is -4.81. The van der Waals surface area contributed by atoms with Crippen molar-refractivity contribution in [2.24, 2.45) is 0 Å². The standard InChI is InChI=1S/C26H19F5N6O/c1-14-24(15(2)36(34-14)13-17-5-3-4-6-19(17)28)33-25(38)21-12-23-32-20(16-7-9-18(27)10-8-16)11-22(26(29,30)31)37(23)35-21/h3-12H,13H2,1-2H3,(H,33,38). The number of halogens is 5. The number of hydrogen-bond acceptors (Lipinski definition) is 4. The molecule has 5 aromatic rings. The predicted molar refractivity (Wildman–Crippen MR) is 129 cm³/mol. The molecule has 1 N–H and O–H groups in total. The van der Waals surface area contributed by atoms with Gasteiger partial charge in [0.05, 0.1) is 29.3 Å². The number of nitrogens with one attached hydrogen (secondary N) is 1. The molecule has 7 nitrogen and oxygen atoms in total. The van der Waals surface area contributed by atoms with Gasteiger partial charge in [0, 0.05) is 17.2 Å². The molecule has 0 saturated heterocycles. The first kappa shape index (κ1) is 25.1. The number of aromatic nitrogens is 5. The van der Waals surface area contributed by atoms with E-state index in [4.69, 9.17) is 0 Å². The number of carbonyl (C=O) groups is 1. The van der Waals surface area contributed by atoms with Crippen LogP contribution in [-0.2, 0) is 12.7 Å². The number of anilines is 1. The Hall–Kier alpha value is -4.61. The highest BCUT2D eigenvalue weighted by atomic mass is 19.4. The molecule has 1 amide bonds. The first-order chi connectivity index (χ1) is 18.0. The fraction of sp³-hybridized carbons (Fsp3) is 0.154. The van der Waals surface area contributed by atoms with Crippen LogP contribution in [0.4, 0.5) is 27.6 Å². The molecule has 2 aromatic carbocycles. The van der Waals surface area contributed by atoms with E-state index in [-0.39, 0.29) is 29.1 Å². The number of rotatable bonds is 5. The molecular formula is C26H19F5N6O. The lowest BCUT2D eigenvalue weighted by atomic mass is 10.1. The largest absolute Gasteiger partial charge is 0.433 e. The number of fused-ring (bicyclic) bond motifs is 1. The Balaban J connectivity index is 1.48. The van der Waals surface area contributed by atoms with Gasteiger partial charge >= 0.3 is 6.18 Å². The summed E-state index contributed by atoms with van der Waals surface area (Å²) >= 11 is 0. The first-order valence-electron chi connectivity index (χ1n) is 11.3. The van der Waals surface area contributed by atoms with E-state index in [0.29, 0.717) is 27.2 Å². The summed E-state index contributed by atoms with van der Waals surface area (Å²) in [7, 11) is 0. The molecular weight excluding hydrogens is 507 g/mol. The van der Waals surface area contributed by atoms with Crippen LogP contribution in [0.3, 0.4) is 0 Å². The summed E-state index contributed by atoms with van der Waals surface area (Å²) in [6, 6.07) is 13.0. The summed E-state index contributed by atoms with van der Waals surface area (Å²) in [6.45, 7) is 3.44. The number of amides is 1. The van der Waals surface area contributed by atoms with Crippen LogP contribution >= 0.6 is 0 Å². The maximum atomic E-state index is 14.1. The minimum Gasteiger partial charge on any atom is -0.317 e. The van der Waals surface area contributed by atoms with Gasteiger partial charge in [-0.15, -0.1) is 0 Å². The SMILES string of the molecule is Cc1nn(Cc2ccccc2F)c(C)c1NC(=O)c1cc2nc(-c3ccc(F)cc3)cc(C(F)(F)F)n2n1. The fourth-order valence-corrected chi connectivity index (χ4v) is 4.05. The zero-order chi connectivity index (χ0) is 27.2. The third kappa shape index (κ3) is 4.72. The van der Waals surface area contributed by atoms with Crippen molar-refractivity contribution < 1.29 is 26.7 Å². The van der Waals surface area contributed by atoms with E-state index in [0.717, 1.165) is 24.3 Å². The van der Waals surface area contributed by atoms with Gasteiger partial charge in [0.15, 0.2) is 17.0 Å². The Labute approximate surface area is 212 Å². The molecule has 0 atom stereocenters. The van der Waals surface area contributed by atoms with Crippen molar-refractivity contribution in [2.75, 3.05) is 5.32 Å². The topological polar surface area (TPSA) is 77.1 Å². The normalized spacial score (nSPS) is 11.8. The van der Waals surface area contributed by atoms with Crippen molar-refractivity contribution in [1.29, 1.82) is 0 Å². The molecule has 0 aliphatic rings. The second-order valence-corrected chi connectivity index (χ2v) is 8.58. The smallest absolute Gasteiger partial charge is 0.317 e. The minimum absolute atomic E-state index is 0.0576. The lowest BCUT2D eigenvalue weighted by molar-refractivity contribution is -0.142. The fourth-order valence-electron chi connectivity index (χ4n) is 4.05. The van der Waals surface area contributed by atoms with E-state index in [1.807, 2.05) is 0 Å². The summed E-state index contributed by atoms with van der Waals surface area (Å²) in [5, 5.41) is 10.9. The highest BCUT2D eigenvalue weighted by molar-refractivity contribution is 6.04. The molecule has 3 heterocycles. The van der Waals surface area contributed by atoms with E-state index in [1.54, 1.807) is 32.0 Å². The number of hydrogen-bond donors (Lipinski definition) is 1. The van der Waals surface area contributed by atoms with Gasteiger partial charge in [-0.1, -0.05) is 18.2 Å². The molecule has 0 saturated carbocycles. The van der Waals surface area contributed by atoms with Crippen molar-refractivity contribution >= 4 is 17.2 Å². The van der Waals surface area contributed by atoms with Crippen LogP contribution in [0.2, 0.25) is 0 Å². The summed E-state index contributed by atoms with van der Waals surface area (Å²) < 4.78 is 71.0. The maximum absolute atomic E-state index is 14.1. The summed E-state index contributed by atoms with van der Waals surface area (Å²) in [4.78, 5) is 17.2. The van der Waals surface area contributed by atoms with Crippen LogP contribution in [0.5, 0.6) is 0 Å². The summed E-state index contributed by atoms with van der Waals surface area (Å²) in [5.74, 6) is -1.72. The van der Waals surface area contributed by atoms with Gasteiger partial charge in [0.25, 0.3) is 5.91 Å². The average molecular weight is 526 g/mol. The van der Waals surface area contributed by atoms with Crippen molar-refractivity contribution in [3.63, 3.8) is 0 Å². The van der Waals surface area contributed by atoms with Gasteiger partial charge in [-0.3, -0.25) is 9.48 Å². The first-order valence-corrected chi connectivity index (χ1v) is 11.3. The number of carbonyl (C=O) groups excluding carboxylic acids is 1. The van der Waals surface area contributed by atoms with Gasteiger partial charge in [-0.2, -0.15) is 23.4 Å². The summed E-state index contributed by atoms with van der Waals surface area (Å²) in [5.41, 5.74) is 0.231. The molecule has 194 valence electrons. The van der Waals surface area contributed by atoms with Gasteiger partial charge in [0.2, 0.25) is 0 Å². The average Bonchev–Trinajstić information content (AvgIpc) is 3.41. The number of aryl methyl sites for hydroxylation is 1. The van der Waals surface area contributed by atoms with E-state index < -0.39 is 29.4 Å². The van der Waals surface area contributed by atoms with Crippen LogP contribution in [0.25, 0.3) is 16.9 Å². The Morgan fingerprint density at radius 2 is 1.68 bits per heavy atom. The van der Waals surface area contributed by atoms with Gasteiger partial charge in [-0.25, -0.2) is 18.3 Å². The van der Waals surface area contributed by atoms with Gasteiger partial charge in [0.1, 0.15) is 11.6 Å². The molecule has 5 rings (SSSR count). The molecule has 3 aromatic heterocycles. The third-order valence-corrected chi connectivity index (χ3v) is 5.99. The Bertz CT molecular complexity index is 1670.